The van der Waals surface area contributed by atoms with Crippen molar-refractivity contribution in [3.8, 4) is 11.5 Å². The fraction of sp³-hybridized carbons (Fsp3) is 0.120. The third kappa shape index (κ3) is 4.84. The number of carbonyl (C=O) groups is 1. The van der Waals surface area contributed by atoms with Crippen LogP contribution in [0.2, 0.25) is 0 Å². The first-order valence-corrected chi connectivity index (χ1v) is 11.0. The SMILES string of the molecule is COc1cccc(/C=C2\N=C(c3ccc(C)c([N+](=O)[O-])c3)OC2=O)c1OCc1ccccc1Br. The predicted octanol–water partition coefficient (Wildman–Crippen LogP) is 5.60. The largest absolute Gasteiger partial charge is 0.493 e. The molecule has 0 spiro atoms. The maximum atomic E-state index is 12.5. The molecule has 4 rings (SSSR count). The lowest BCUT2D eigenvalue weighted by molar-refractivity contribution is -0.385. The first-order valence-electron chi connectivity index (χ1n) is 10.2. The summed E-state index contributed by atoms with van der Waals surface area (Å²) >= 11 is 3.51. The maximum Gasteiger partial charge on any atom is 0.363 e. The van der Waals surface area contributed by atoms with E-state index in [1.165, 1.54) is 19.3 Å². The molecule has 0 bridgehead atoms. The number of rotatable bonds is 7. The molecule has 9 heteroatoms. The lowest BCUT2D eigenvalue weighted by Gasteiger charge is -2.14. The number of halogens is 1. The van der Waals surface area contributed by atoms with Crippen LogP contribution in [0.3, 0.4) is 0 Å². The molecule has 3 aromatic rings. The van der Waals surface area contributed by atoms with E-state index in [-0.39, 0.29) is 23.9 Å². The number of esters is 1. The van der Waals surface area contributed by atoms with E-state index >= 15 is 0 Å². The van der Waals surface area contributed by atoms with Gasteiger partial charge in [0.05, 0.1) is 12.0 Å². The molecule has 0 amide bonds. The first kappa shape index (κ1) is 23.2. The standard InChI is InChI=1S/C25H19BrN2O6/c1-15-10-11-17(13-21(15)28(30)31)24-27-20(25(29)34-24)12-16-7-5-9-22(32-2)23(16)33-14-18-6-3-4-8-19(18)26/h3-13H,14H2,1-2H3/b20-12-. The Morgan fingerprint density at radius 2 is 1.94 bits per heavy atom. The second kappa shape index (κ2) is 9.88. The highest BCUT2D eigenvalue weighted by Gasteiger charge is 2.26. The van der Waals surface area contributed by atoms with Gasteiger partial charge in [-0.2, -0.15) is 0 Å². The van der Waals surface area contributed by atoms with Crippen molar-refractivity contribution >= 4 is 39.6 Å². The molecule has 1 heterocycles. The zero-order valence-corrected chi connectivity index (χ0v) is 19.9. The Morgan fingerprint density at radius 1 is 1.15 bits per heavy atom. The normalized spacial score (nSPS) is 14.0. The third-order valence-electron chi connectivity index (χ3n) is 5.12. The zero-order valence-electron chi connectivity index (χ0n) is 18.3. The van der Waals surface area contributed by atoms with Gasteiger partial charge in [0.25, 0.3) is 5.69 Å². The van der Waals surface area contributed by atoms with Gasteiger partial charge in [0.1, 0.15) is 6.61 Å². The van der Waals surface area contributed by atoms with Crippen molar-refractivity contribution in [2.45, 2.75) is 13.5 Å². The van der Waals surface area contributed by atoms with Gasteiger partial charge in [-0.25, -0.2) is 9.79 Å². The van der Waals surface area contributed by atoms with Crippen molar-refractivity contribution in [3.63, 3.8) is 0 Å². The van der Waals surface area contributed by atoms with Crippen molar-refractivity contribution in [1.82, 2.24) is 0 Å². The molecule has 1 aliphatic heterocycles. The van der Waals surface area contributed by atoms with Gasteiger partial charge < -0.3 is 14.2 Å². The lowest BCUT2D eigenvalue weighted by atomic mass is 10.1. The molecule has 172 valence electrons. The summed E-state index contributed by atoms with van der Waals surface area (Å²) in [5, 5.41) is 11.3. The Bertz CT molecular complexity index is 1350. The Morgan fingerprint density at radius 3 is 2.68 bits per heavy atom. The van der Waals surface area contributed by atoms with Gasteiger partial charge in [0, 0.05) is 32.8 Å². The third-order valence-corrected chi connectivity index (χ3v) is 5.90. The van der Waals surface area contributed by atoms with E-state index in [0.29, 0.717) is 28.2 Å². The molecule has 8 nitrogen and oxygen atoms in total. The zero-order chi connectivity index (χ0) is 24.2. The van der Waals surface area contributed by atoms with Crippen LogP contribution in [0.4, 0.5) is 5.69 Å². The second-order valence-electron chi connectivity index (χ2n) is 7.35. The minimum absolute atomic E-state index is 0.00192. The summed E-state index contributed by atoms with van der Waals surface area (Å²) in [7, 11) is 1.53. The number of benzene rings is 3. The molecule has 0 aliphatic carbocycles. The van der Waals surface area contributed by atoms with Crippen LogP contribution in [0.5, 0.6) is 11.5 Å². The summed E-state index contributed by atoms with van der Waals surface area (Å²) in [6.45, 7) is 1.90. The number of aryl methyl sites for hydroxylation is 1. The number of aliphatic imine (C=N–C) groups is 1. The summed E-state index contributed by atoms with van der Waals surface area (Å²) in [5.74, 6) is 0.262. The van der Waals surface area contributed by atoms with E-state index in [9.17, 15) is 14.9 Å². The Kier molecular flexibility index (Phi) is 6.74. The molecule has 0 saturated heterocycles. The average Bonchev–Trinajstić information content (AvgIpc) is 3.19. The fourth-order valence-corrected chi connectivity index (χ4v) is 3.75. The second-order valence-corrected chi connectivity index (χ2v) is 8.21. The summed E-state index contributed by atoms with van der Waals surface area (Å²) in [5.41, 5.74) is 2.30. The summed E-state index contributed by atoms with van der Waals surface area (Å²) < 4.78 is 17.7. The molecule has 0 unspecified atom stereocenters. The number of hydrogen-bond acceptors (Lipinski definition) is 7. The topological polar surface area (TPSA) is 100 Å². The van der Waals surface area contributed by atoms with Crippen LogP contribution in [0, 0.1) is 17.0 Å². The van der Waals surface area contributed by atoms with Gasteiger partial charge in [0.15, 0.2) is 17.2 Å². The highest BCUT2D eigenvalue weighted by atomic mass is 79.9. The van der Waals surface area contributed by atoms with Crippen LogP contribution in [0.15, 0.2) is 75.8 Å². The van der Waals surface area contributed by atoms with Gasteiger partial charge in [-0.05, 0) is 31.2 Å². The number of nitro groups is 1. The highest BCUT2D eigenvalue weighted by molar-refractivity contribution is 9.10. The molecule has 34 heavy (non-hydrogen) atoms. The molecule has 0 radical (unpaired) electrons. The van der Waals surface area contributed by atoms with E-state index in [1.807, 2.05) is 24.3 Å². The number of nitrogens with zero attached hydrogens (tertiary/aromatic N) is 2. The summed E-state index contributed by atoms with van der Waals surface area (Å²) in [6, 6.07) is 17.5. The number of ether oxygens (including phenoxy) is 3. The Labute approximate surface area is 203 Å². The van der Waals surface area contributed by atoms with E-state index in [2.05, 4.69) is 20.9 Å². The monoisotopic (exact) mass is 522 g/mol. The fourth-order valence-electron chi connectivity index (χ4n) is 3.35. The minimum Gasteiger partial charge on any atom is -0.493 e. The van der Waals surface area contributed by atoms with Crippen LogP contribution < -0.4 is 9.47 Å². The van der Waals surface area contributed by atoms with E-state index < -0.39 is 10.9 Å². The lowest BCUT2D eigenvalue weighted by Crippen LogP contribution is -2.06. The Hall–Kier alpha value is -3.98. The van der Waals surface area contributed by atoms with Gasteiger partial charge in [-0.1, -0.05) is 52.3 Å². The molecule has 1 aliphatic rings. The number of carbonyl (C=O) groups excluding carboxylic acids is 1. The van der Waals surface area contributed by atoms with Crippen LogP contribution in [-0.4, -0.2) is 23.9 Å². The quantitative estimate of drug-likeness (QED) is 0.173. The average molecular weight is 523 g/mol. The minimum atomic E-state index is -0.669. The molecule has 0 aromatic heterocycles. The van der Waals surface area contributed by atoms with E-state index in [4.69, 9.17) is 14.2 Å². The molecular formula is C25H19BrN2O6. The Balaban J connectivity index is 1.68. The van der Waals surface area contributed by atoms with E-state index in [1.54, 1.807) is 37.3 Å². The van der Waals surface area contributed by atoms with Gasteiger partial charge in [-0.3, -0.25) is 10.1 Å². The number of para-hydroxylation sites is 1. The molecule has 0 saturated carbocycles. The molecule has 0 N–H and O–H groups in total. The number of methoxy groups -OCH3 is 1. The van der Waals surface area contributed by atoms with Crippen LogP contribution in [0.1, 0.15) is 22.3 Å². The molecule has 3 aromatic carbocycles. The maximum absolute atomic E-state index is 12.5. The van der Waals surface area contributed by atoms with Crippen LogP contribution in [-0.2, 0) is 16.1 Å². The van der Waals surface area contributed by atoms with E-state index in [0.717, 1.165) is 10.0 Å². The van der Waals surface area contributed by atoms with Gasteiger partial charge in [-0.15, -0.1) is 0 Å². The summed E-state index contributed by atoms with van der Waals surface area (Å²) in [4.78, 5) is 27.6. The molecular weight excluding hydrogens is 504 g/mol. The van der Waals surface area contributed by atoms with Crippen molar-refractivity contribution in [2.75, 3.05) is 7.11 Å². The molecule has 0 atom stereocenters. The van der Waals surface area contributed by atoms with Gasteiger partial charge >= 0.3 is 5.97 Å². The van der Waals surface area contributed by atoms with Crippen molar-refractivity contribution in [2.24, 2.45) is 4.99 Å². The van der Waals surface area contributed by atoms with Crippen LogP contribution in [0.25, 0.3) is 6.08 Å². The predicted molar refractivity (Wildman–Crippen MR) is 130 cm³/mol. The van der Waals surface area contributed by atoms with Crippen molar-refractivity contribution < 1.29 is 23.9 Å². The van der Waals surface area contributed by atoms with Gasteiger partial charge in [0.2, 0.25) is 5.90 Å². The number of hydrogen-bond donors (Lipinski definition) is 0. The van der Waals surface area contributed by atoms with Crippen molar-refractivity contribution in [3.05, 3.63) is 103 Å². The first-order chi connectivity index (χ1) is 16.4. The number of cyclic esters (lactones) is 1. The highest BCUT2D eigenvalue weighted by Crippen LogP contribution is 2.35. The molecule has 0 fully saturated rings. The smallest absolute Gasteiger partial charge is 0.363 e. The van der Waals surface area contributed by atoms with Crippen LogP contribution >= 0.6 is 15.9 Å². The summed E-state index contributed by atoms with van der Waals surface area (Å²) in [6.07, 6.45) is 1.54. The van der Waals surface area contributed by atoms with Crippen molar-refractivity contribution in [1.29, 1.82) is 0 Å². The number of nitro benzene ring substituents is 1.